The van der Waals surface area contributed by atoms with E-state index in [1.165, 1.54) is 38.5 Å². The molecule has 13 heavy (non-hydrogen) atoms. The normalized spacial score (nSPS) is 36.7. The summed E-state index contributed by atoms with van der Waals surface area (Å²) in [6.07, 6.45) is 13.8. The van der Waals surface area contributed by atoms with Gasteiger partial charge in [0.15, 0.2) is 0 Å². The highest BCUT2D eigenvalue weighted by Crippen LogP contribution is 2.37. The van der Waals surface area contributed by atoms with Gasteiger partial charge in [0.2, 0.25) is 0 Å². The molecule has 2 rings (SSSR count). The van der Waals surface area contributed by atoms with Crippen LogP contribution in [0.5, 0.6) is 0 Å². The van der Waals surface area contributed by atoms with Gasteiger partial charge in [0.05, 0.1) is 0 Å². The van der Waals surface area contributed by atoms with Gasteiger partial charge in [-0.3, -0.25) is 0 Å². The first kappa shape index (κ1) is 10.3. The lowest BCUT2D eigenvalue weighted by Crippen LogP contribution is -2.16. The van der Waals surface area contributed by atoms with Crippen molar-refractivity contribution >= 4 is 22.6 Å². The van der Waals surface area contributed by atoms with Gasteiger partial charge in [-0.15, -0.1) is 0 Å². The van der Waals surface area contributed by atoms with Gasteiger partial charge in [0, 0.05) is 3.92 Å². The third kappa shape index (κ3) is 3.10. The third-order valence-corrected chi connectivity index (χ3v) is 5.16. The monoisotopic (exact) mass is 292 g/mol. The lowest BCUT2D eigenvalue weighted by molar-refractivity contribution is 0.297. The second-order valence-corrected chi connectivity index (χ2v) is 6.77. The van der Waals surface area contributed by atoms with Gasteiger partial charge in [-0.1, -0.05) is 48.3 Å². The van der Waals surface area contributed by atoms with E-state index in [1.807, 2.05) is 0 Å². The topological polar surface area (TPSA) is 0 Å². The number of alkyl halides is 1. The lowest BCUT2D eigenvalue weighted by Gasteiger charge is -2.27. The molecule has 0 N–H and O–H groups in total. The molecule has 0 nitrogen and oxygen atoms in total. The van der Waals surface area contributed by atoms with Gasteiger partial charge in [0.1, 0.15) is 0 Å². The van der Waals surface area contributed by atoms with Crippen molar-refractivity contribution in [3.63, 3.8) is 0 Å². The average Bonchev–Trinajstić information content (AvgIpc) is 2.62. The van der Waals surface area contributed by atoms with Crippen LogP contribution < -0.4 is 0 Å². The minimum atomic E-state index is 0.998. The molecular weight excluding hydrogens is 271 g/mol. The summed E-state index contributed by atoms with van der Waals surface area (Å²) in [4.78, 5) is 0. The Morgan fingerprint density at radius 2 is 1.31 bits per heavy atom. The van der Waals surface area contributed by atoms with Gasteiger partial charge in [0.25, 0.3) is 0 Å². The van der Waals surface area contributed by atoms with Crippen LogP contribution in [0.4, 0.5) is 0 Å². The molecule has 2 fully saturated rings. The van der Waals surface area contributed by atoms with Crippen molar-refractivity contribution in [1.82, 2.24) is 0 Å². The maximum Gasteiger partial charge on any atom is 0.0110 e. The maximum absolute atomic E-state index is 2.63. The minimum absolute atomic E-state index is 0.998. The zero-order valence-electron chi connectivity index (χ0n) is 8.47. The van der Waals surface area contributed by atoms with Crippen molar-refractivity contribution < 1.29 is 0 Å². The predicted octanol–water partition coefficient (Wildman–Crippen LogP) is 4.56. The van der Waals surface area contributed by atoms with Gasteiger partial charge in [-0.05, 0) is 43.9 Å². The van der Waals surface area contributed by atoms with Crippen molar-refractivity contribution in [2.75, 3.05) is 0 Å². The molecule has 0 spiro atoms. The summed E-state index contributed by atoms with van der Waals surface area (Å²) in [5, 5.41) is 0. The van der Waals surface area contributed by atoms with E-state index in [1.54, 1.807) is 19.3 Å². The Morgan fingerprint density at radius 1 is 0.769 bits per heavy atom. The Balaban J connectivity index is 1.69. The highest BCUT2D eigenvalue weighted by atomic mass is 127. The van der Waals surface area contributed by atoms with E-state index >= 15 is 0 Å². The minimum Gasteiger partial charge on any atom is -0.0826 e. The molecule has 1 heteroatoms. The van der Waals surface area contributed by atoms with E-state index in [0.717, 1.165) is 15.8 Å². The fraction of sp³-hybridized carbons (Fsp3) is 1.00. The smallest absolute Gasteiger partial charge is 0.0110 e. The first-order valence-corrected chi connectivity index (χ1v) is 7.23. The lowest BCUT2D eigenvalue weighted by atomic mass is 9.82. The van der Waals surface area contributed by atoms with Crippen LogP contribution in [-0.4, -0.2) is 3.92 Å². The van der Waals surface area contributed by atoms with Crippen LogP contribution in [0.1, 0.15) is 57.8 Å². The molecule has 0 aromatic heterocycles. The molecule has 0 amide bonds. The molecule has 0 heterocycles. The summed E-state index contributed by atoms with van der Waals surface area (Å²) in [5.41, 5.74) is 0. The van der Waals surface area contributed by atoms with Crippen molar-refractivity contribution in [2.45, 2.75) is 61.7 Å². The van der Waals surface area contributed by atoms with E-state index in [9.17, 15) is 0 Å². The maximum atomic E-state index is 2.63. The predicted molar refractivity (Wildman–Crippen MR) is 66.3 cm³/mol. The van der Waals surface area contributed by atoms with Crippen LogP contribution >= 0.6 is 22.6 Å². The van der Waals surface area contributed by atoms with Crippen molar-refractivity contribution in [3.05, 3.63) is 0 Å². The first-order valence-electron chi connectivity index (χ1n) is 5.98. The molecule has 2 aliphatic carbocycles. The average molecular weight is 292 g/mol. The van der Waals surface area contributed by atoms with Crippen molar-refractivity contribution in [3.8, 4) is 0 Å². The molecule has 0 aliphatic heterocycles. The molecule has 2 saturated carbocycles. The van der Waals surface area contributed by atoms with E-state index < -0.39 is 0 Å². The quantitative estimate of drug-likeness (QED) is 0.517. The summed E-state index contributed by atoms with van der Waals surface area (Å²) in [5.74, 6) is 2.23. The Labute approximate surface area is 96.0 Å². The van der Waals surface area contributed by atoms with Crippen LogP contribution in [0.3, 0.4) is 0 Å². The van der Waals surface area contributed by atoms with Crippen LogP contribution in [0.25, 0.3) is 0 Å². The summed E-state index contributed by atoms with van der Waals surface area (Å²) in [6.45, 7) is 0. The number of hydrogen-bond donors (Lipinski definition) is 0. The Hall–Kier alpha value is 0.730. The van der Waals surface area contributed by atoms with E-state index in [2.05, 4.69) is 22.6 Å². The van der Waals surface area contributed by atoms with Gasteiger partial charge >= 0.3 is 0 Å². The van der Waals surface area contributed by atoms with E-state index in [-0.39, 0.29) is 0 Å². The molecule has 0 atom stereocenters. The summed E-state index contributed by atoms with van der Waals surface area (Å²) >= 11 is 2.63. The molecule has 76 valence electrons. The van der Waals surface area contributed by atoms with Crippen LogP contribution in [0, 0.1) is 11.8 Å². The highest BCUT2D eigenvalue weighted by molar-refractivity contribution is 14.1. The molecule has 0 aromatic carbocycles. The third-order valence-electron chi connectivity index (χ3n) is 3.92. The summed E-state index contributed by atoms with van der Waals surface area (Å²) < 4.78 is 0.998. The molecular formula is C12H21I. The fourth-order valence-electron chi connectivity index (χ4n) is 3.07. The standard InChI is InChI=1S/C12H21I/c13-12-7-5-11(6-8-12)9-10-3-1-2-4-10/h10-12H,1-9H2. The van der Waals surface area contributed by atoms with Gasteiger partial charge in [-0.25, -0.2) is 0 Å². The van der Waals surface area contributed by atoms with E-state index in [0.29, 0.717) is 0 Å². The number of rotatable bonds is 2. The zero-order chi connectivity index (χ0) is 9.10. The highest BCUT2D eigenvalue weighted by Gasteiger charge is 2.23. The first-order chi connectivity index (χ1) is 6.34. The van der Waals surface area contributed by atoms with Crippen LogP contribution in [-0.2, 0) is 0 Å². The SMILES string of the molecule is IC1CCC(CC2CCCC2)CC1. The Kier molecular flexibility index (Phi) is 3.94. The second-order valence-electron chi connectivity index (χ2n) is 5.00. The molecule has 0 bridgehead atoms. The molecule has 0 unspecified atom stereocenters. The molecule has 0 saturated heterocycles. The largest absolute Gasteiger partial charge is 0.0826 e. The summed E-state index contributed by atoms with van der Waals surface area (Å²) in [7, 11) is 0. The zero-order valence-corrected chi connectivity index (χ0v) is 10.6. The Bertz CT molecular complexity index is 141. The number of halogens is 1. The van der Waals surface area contributed by atoms with Gasteiger partial charge in [-0.2, -0.15) is 0 Å². The fourth-order valence-corrected chi connectivity index (χ4v) is 3.79. The van der Waals surface area contributed by atoms with Gasteiger partial charge < -0.3 is 0 Å². The summed E-state index contributed by atoms with van der Waals surface area (Å²) in [6, 6.07) is 0. The van der Waals surface area contributed by atoms with E-state index in [4.69, 9.17) is 0 Å². The number of hydrogen-bond acceptors (Lipinski definition) is 0. The van der Waals surface area contributed by atoms with Crippen LogP contribution in [0.2, 0.25) is 0 Å². The molecule has 0 aromatic rings. The Morgan fingerprint density at radius 3 is 1.92 bits per heavy atom. The molecule has 0 radical (unpaired) electrons. The van der Waals surface area contributed by atoms with Crippen molar-refractivity contribution in [1.29, 1.82) is 0 Å². The molecule has 2 aliphatic rings. The van der Waals surface area contributed by atoms with Crippen LogP contribution in [0.15, 0.2) is 0 Å². The second kappa shape index (κ2) is 4.99. The van der Waals surface area contributed by atoms with Crippen molar-refractivity contribution in [2.24, 2.45) is 11.8 Å².